The second kappa shape index (κ2) is 8.42. The number of aliphatic hydroxyl groups excluding tert-OH is 1. The zero-order valence-electron chi connectivity index (χ0n) is 10.2. The van der Waals surface area contributed by atoms with Crippen LogP contribution in [0.3, 0.4) is 0 Å². The van der Waals surface area contributed by atoms with Crippen LogP contribution in [0.2, 0.25) is 0 Å². The fourth-order valence-electron chi connectivity index (χ4n) is 1.52. The number of nitrogens with zero attached hydrogens (tertiary/aromatic N) is 2. The maximum atomic E-state index is 8.67. The molecule has 0 radical (unpaired) electrons. The van der Waals surface area contributed by atoms with Gasteiger partial charge in [0.05, 0.1) is 0 Å². The quantitative estimate of drug-likeness (QED) is 0.572. The summed E-state index contributed by atoms with van der Waals surface area (Å²) in [5.74, 6) is 1.75. The molecule has 96 valence electrons. The van der Waals surface area contributed by atoms with Crippen molar-refractivity contribution >= 4 is 21.7 Å². The molecule has 17 heavy (non-hydrogen) atoms. The molecular formula is C12H20BrN3O. The van der Waals surface area contributed by atoms with Crippen molar-refractivity contribution in [2.75, 3.05) is 18.5 Å². The lowest BCUT2D eigenvalue weighted by Gasteiger charge is -2.07. The highest BCUT2D eigenvalue weighted by Gasteiger charge is 2.01. The van der Waals surface area contributed by atoms with Gasteiger partial charge in [-0.1, -0.05) is 6.92 Å². The molecule has 0 atom stereocenters. The largest absolute Gasteiger partial charge is 0.396 e. The Morgan fingerprint density at radius 2 is 2.12 bits per heavy atom. The Kier molecular flexibility index (Phi) is 7.12. The second-order valence-electron chi connectivity index (χ2n) is 3.95. The Morgan fingerprint density at radius 3 is 2.82 bits per heavy atom. The van der Waals surface area contributed by atoms with Crippen molar-refractivity contribution in [2.45, 2.75) is 39.0 Å². The summed E-state index contributed by atoms with van der Waals surface area (Å²) in [6.45, 7) is 3.28. The van der Waals surface area contributed by atoms with Gasteiger partial charge in [0.2, 0.25) is 0 Å². The molecule has 0 aliphatic heterocycles. The fraction of sp³-hybridized carbons (Fsp3) is 0.667. The number of aliphatic hydroxyl groups is 1. The molecule has 0 aliphatic carbocycles. The number of rotatable bonds is 8. The first-order valence-electron chi connectivity index (χ1n) is 6.14. The Balaban J connectivity index is 2.41. The molecule has 0 saturated carbocycles. The number of nitrogens with one attached hydrogen (secondary N) is 1. The zero-order valence-corrected chi connectivity index (χ0v) is 11.8. The van der Waals surface area contributed by atoms with E-state index in [1.165, 1.54) is 0 Å². The second-order valence-corrected chi connectivity index (χ2v) is 4.77. The molecule has 1 heterocycles. The molecule has 0 saturated heterocycles. The van der Waals surface area contributed by atoms with Gasteiger partial charge in [-0.15, -0.1) is 0 Å². The van der Waals surface area contributed by atoms with Crippen LogP contribution < -0.4 is 5.32 Å². The molecule has 0 aromatic carbocycles. The lowest BCUT2D eigenvalue weighted by molar-refractivity contribution is 0.283. The number of aromatic nitrogens is 2. The first-order chi connectivity index (χ1) is 8.26. The Morgan fingerprint density at radius 1 is 1.29 bits per heavy atom. The highest BCUT2D eigenvalue weighted by atomic mass is 79.9. The Hall–Kier alpha value is -0.680. The van der Waals surface area contributed by atoms with E-state index >= 15 is 0 Å². The molecule has 0 fully saturated rings. The third kappa shape index (κ3) is 5.98. The maximum Gasteiger partial charge on any atom is 0.132 e. The predicted octanol–water partition coefficient (Wildman–Crippen LogP) is 2.77. The smallest absolute Gasteiger partial charge is 0.132 e. The molecule has 4 nitrogen and oxygen atoms in total. The number of anilines is 1. The van der Waals surface area contributed by atoms with Crippen molar-refractivity contribution < 1.29 is 5.11 Å². The number of hydrogen-bond donors (Lipinski definition) is 2. The molecule has 1 rings (SSSR count). The average Bonchev–Trinajstić information content (AvgIpc) is 2.28. The molecule has 1 aromatic heterocycles. The van der Waals surface area contributed by atoms with E-state index in [-0.39, 0.29) is 6.61 Å². The van der Waals surface area contributed by atoms with Gasteiger partial charge >= 0.3 is 0 Å². The third-order valence-electron chi connectivity index (χ3n) is 2.36. The van der Waals surface area contributed by atoms with E-state index in [9.17, 15) is 0 Å². The summed E-state index contributed by atoms with van der Waals surface area (Å²) in [5.41, 5.74) is 0. The van der Waals surface area contributed by atoms with Gasteiger partial charge in [-0.05, 0) is 41.6 Å². The number of hydrogen-bond acceptors (Lipinski definition) is 4. The van der Waals surface area contributed by atoms with Crippen LogP contribution in [0.5, 0.6) is 0 Å². The van der Waals surface area contributed by atoms with Crippen LogP contribution in [0.25, 0.3) is 0 Å². The molecule has 0 aliphatic rings. The van der Waals surface area contributed by atoms with Gasteiger partial charge in [-0.3, -0.25) is 0 Å². The molecular weight excluding hydrogens is 282 g/mol. The fourth-order valence-corrected chi connectivity index (χ4v) is 1.94. The van der Waals surface area contributed by atoms with Gasteiger partial charge in [0.1, 0.15) is 16.2 Å². The average molecular weight is 302 g/mol. The van der Waals surface area contributed by atoms with E-state index in [2.05, 4.69) is 38.1 Å². The summed E-state index contributed by atoms with van der Waals surface area (Å²) >= 11 is 3.39. The highest BCUT2D eigenvalue weighted by molar-refractivity contribution is 9.10. The van der Waals surface area contributed by atoms with Crippen LogP contribution in [0.1, 0.15) is 38.4 Å². The van der Waals surface area contributed by atoms with Gasteiger partial charge in [0.25, 0.3) is 0 Å². The van der Waals surface area contributed by atoms with Crippen molar-refractivity contribution in [3.05, 3.63) is 16.5 Å². The SMILES string of the molecule is CCCc1nc(Br)cc(NCCCCCO)n1. The summed E-state index contributed by atoms with van der Waals surface area (Å²) in [6.07, 6.45) is 4.91. The monoisotopic (exact) mass is 301 g/mol. The van der Waals surface area contributed by atoms with Crippen molar-refractivity contribution in [3.8, 4) is 0 Å². The first-order valence-corrected chi connectivity index (χ1v) is 6.93. The molecule has 0 amide bonds. The number of halogens is 1. The summed E-state index contributed by atoms with van der Waals surface area (Å²) in [6, 6.07) is 1.89. The zero-order chi connectivity index (χ0) is 12.5. The van der Waals surface area contributed by atoms with E-state index in [0.717, 1.165) is 54.9 Å². The van der Waals surface area contributed by atoms with Crippen molar-refractivity contribution in [1.82, 2.24) is 9.97 Å². The van der Waals surface area contributed by atoms with Gasteiger partial charge in [-0.25, -0.2) is 9.97 Å². The van der Waals surface area contributed by atoms with E-state index in [1.54, 1.807) is 0 Å². The van der Waals surface area contributed by atoms with Crippen LogP contribution in [0.4, 0.5) is 5.82 Å². The molecule has 2 N–H and O–H groups in total. The summed E-state index contributed by atoms with van der Waals surface area (Å²) < 4.78 is 0.828. The minimum Gasteiger partial charge on any atom is -0.396 e. The molecule has 0 spiro atoms. The molecule has 5 heteroatoms. The van der Waals surface area contributed by atoms with Gasteiger partial charge in [0, 0.05) is 25.6 Å². The van der Waals surface area contributed by atoms with E-state index in [4.69, 9.17) is 5.11 Å². The minimum absolute atomic E-state index is 0.277. The molecule has 1 aromatic rings. The van der Waals surface area contributed by atoms with Crippen LogP contribution in [0, 0.1) is 0 Å². The first kappa shape index (κ1) is 14.4. The minimum atomic E-state index is 0.277. The van der Waals surface area contributed by atoms with Crippen LogP contribution >= 0.6 is 15.9 Å². The normalized spacial score (nSPS) is 10.5. The van der Waals surface area contributed by atoms with Crippen LogP contribution in [-0.4, -0.2) is 28.2 Å². The Labute approximate surface area is 111 Å². The summed E-state index contributed by atoms with van der Waals surface area (Å²) in [4.78, 5) is 8.75. The third-order valence-corrected chi connectivity index (χ3v) is 2.76. The lowest BCUT2D eigenvalue weighted by Crippen LogP contribution is -2.06. The van der Waals surface area contributed by atoms with Crippen molar-refractivity contribution in [3.63, 3.8) is 0 Å². The van der Waals surface area contributed by atoms with Crippen LogP contribution in [0.15, 0.2) is 10.7 Å². The predicted molar refractivity (Wildman–Crippen MR) is 73.2 cm³/mol. The maximum absolute atomic E-state index is 8.67. The van der Waals surface area contributed by atoms with Crippen molar-refractivity contribution in [1.29, 1.82) is 0 Å². The summed E-state index contributed by atoms with van der Waals surface area (Å²) in [7, 11) is 0. The molecule has 0 bridgehead atoms. The standard InChI is InChI=1S/C12H20BrN3O/c1-2-6-11-15-10(13)9-12(16-11)14-7-4-3-5-8-17/h9,17H,2-8H2,1H3,(H,14,15,16). The van der Waals surface area contributed by atoms with E-state index in [0.29, 0.717) is 0 Å². The summed E-state index contributed by atoms with van der Waals surface area (Å²) in [5, 5.41) is 11.9. The van der Waals surface area contributed by atoms with Gasteiger partial charge in [0.15, 0.2) is 0 Å². The van der Waals surface area contributed by atoms with E-state index in [1.807, 2.05) is 6.07 Å². The number of unbranched alkanes of at least 4 members (excludes halogenated alkanes) is 2. The highest BCUT2D eigenvalue weighted by Crippen LogP contribution is 2.13. The Bertz CT molecular complexity index is 334. The number of aryl methyl sites for hydroxylation is 1. The topological polar surface area (TPSA) is 58.0 Å². The van der Waals surface area contributed by atoms with Crippen LogP contribution in [-0.2, 0) is 6.42 Å². The van der Waals surface area contributed by atoms with Crippen molar-refractivity contribution in [2.24, 2.45) is 0 Å². The van der Waals surface area contributed by atoms with Gasteiger partial charge < -0.3 is 10.4 Å². The van der Waals surface area contributed by atoms with E-state index < -0.39 is 0 Å². The lowest BCUT2D eigenvalue weighted by atomic mass is 10.2. The van der Waals surface area contributed by atoms with Gasteiger partial charge in [-0.2, -0.15) is 0 Å². The molecule has 0 unspecified atom stereocenters.